The van der Waals surface area contributed by atoms with E-state index in [0.29, 0.717) is 19.8 Å². The molecule has 0 amide bonds. The summed E-state index contributed by atoms with van der Waals surface area (Å²) in [5.41, 5.74) is -0.359. The minimum absolute atomic E-state index is 0.359. The van der Waals surface area contributed by atoms with Gasteiger partial charge in [0.25, 0.3) is 0 Å². The number of unbranched alkanes of at least 4 members (excludes halogenated alkanes) is 18. The first-order valence-electron chi connectivity index (χ1n) is 20.2. The molecule has 4 nitrogen and oxygen atoms in total. The summed E-state index contributed by atoms with van der Waals surface area (Å²) in [6.07, 6.45) is 49.9. The summed E-state index contributed by atoms with van der Waals surface area (Å²) in [7, 11) is 0. The molecule has 47 heavy (non-hydrogen) atoms. The van der Waals surface area contributed by atoms with E-state index in [1.54, 1.807) is 0 Å². The highest BCUT2D eigenvalue weighted by atomic mass is 16.5. The summed E-state index contributed by atoms with van der Waals surface area (Å²) in [5, 5.41) is 0. The van der Waals surface area contributed by atoms with Crippen molar-refractivity contribution in [3.05, 3.63) is 48.6 Å². The second-order valence-electron chi connectivity index (χ2n) is 13.6. The van der Waals surface area contributed by atoms with Crippen molar-refractivity contribution in [3.8, 4) is 0 Å². The summed E-state index contributed by atoms with van der Waals surface area (Å²) in [5.74, 6) is 0.847. The second-order valence-corrected chi connectivity index (χ2v) is 13.6. The van der Waals surface area contributed by atoms with Crippen molar-refractivity contribution in [2.45, 2.75) is 187 Å². The van der Waals surface area contributed by atoms with Crippen molar-refractivity contribution >= 4 is 5.90 Å². The molecule has 0 bridgehead atoms. The van der Waals surface area contributed by atoms with Gasteiger partial charge >= 0.3 is 0 Å². The van der Waals surface area contributed by atoms with Gasteiger partial charge in [-0.1, -0.05) is 146 Å². The van der Waals surface area contributed by atoms with Crippen LogP contribution in [0.4, 0.5) is 0 Å². The number of hydrogen-bond donors (Lipinski definition) is 0. The fourth-order valence-electron chi connectivity index (χ4n) is 5.83. The van der Waals surface area contributed by atoms with Crippen molar-refractivity contribution < 1.29 is 14.2 Å². The first-order chi connectivity index (χ1) is 23.3. The quantitative estimate of drug-likeness (QED) is 0.0504. The van der Waals surface area contributed by atoms with Gasteiger partial charge in [0.1, 0.15) is 12.1 Å². The van der Waals surface area contributed by atoms with E-state index in [-0.39, 0.29) is 5.54 Å². The average Bonchev–Trinajstić information content (AvgIpc) is 3.50. The largest absolute Gasteiger partial charge is 0.478 e. The molecular weight excluding hydrogens is 578 g/mol. The molecule has 0 fully saturated rings. The average molecular weight is 656 g/mol. The van der Waals surface area contributed by atoms with Crippen molar-refractivity contribution in [2.24, 2.45) is 4.99 Å². The van der Waals surface area contributed by atoms with Crippen molar-refractivity contribution in [2.75, 3.05) is 33.0 Å². The Bertz CT molecular complexity index is 760. The third kappa shape index (κ3) is 27.9. The predicted octanol–water partition coefficient (Wildman–Crippen LogP) is 13.2. The van der Waals surface area contributed by atoms with Crippen LogP contribution in [0.15, 0.2) is 53.6 Å². The van der Waals surface area contributed by atoms with Crippen LogP contribution in [-0.4, -0.2) is 44.5 Å². The minimum atomic E-state index is -0.359. The Labute approximate surface area is 293 Å². The summed E-state index contributed by atoms with van der Waals surface area (Å²) < 4.78 is 18.1. The number of aliphatic imine (C=N–C) groups is 1. The Morgan fingerprint density at radius 3 is 1.28 bits per heavy atom. The van der Waals surface area contributed by atoms with E-state index in [4.69, 9.17) is 19.2 Å². The maximum absolute atomic E-state index is 6.13. The van der Waals surface area contributed by atoms with Gasteiger partial charge in [-0.05, 0) is 77.0 Å². The zero-order chi connectivity index (χ0) is 33.8. The molecule has 1 aliphatic heterocycles. The van der Waals surface area contributed by atoms with Crippen LogP contribution < -0.4 is 0 Å². The van der Waals surface area contributed by atoms with Crippen molar-refractivity contribution in [1.29, 1.82) is 0 Å². The molecule has 0 aromatic rings. The second kappa shape index (κ2) is 34.2. The molecule has 0 spiro atoms. The number of allylic oxidation sites excluding steroid dienone is 8. The maximum Gasteiger partial charge on any atom is 0.183 e. The lowest BCUT2D eigenvalue weighted by atomic mass is 10.1. The van der Waals surface area contributed by atoms with Crippen molar-refractivity contribution in [3.63, 3.8) is 0 Å². The molecule has 272 valence electrons. The molecule has 0 saturated heterocycles. The molecule has 0 saturated carbocycles. The molecule has 0 radical (unpaired) electrons. The Hall–Kier alpha value is -1.65. The number of hydrogen-bond acceptors (Lipinski definition) is 4. The molecule has 0 unspecified atom stereocenters. The lowest BCUT2D eigenvalue weighted by molar-refractivity contribution is 0.0114. The fourth-order valence-corrected chi connectivity index (χ4v) is 5.83. The van der Waals surface area contributed by atoms with Crippen molar-refractivity contribution in [1.82, 2.24) is 0 Å². The normalized spacial score (nSPS) is 16.9. The molecule has 0 aromatic heterocycles. The molecule has 1 rings (SSSR count). The topological polar surface area (TPSA) is 40.0 Å². The number of nitrogens with zero attached hydrogens (tertiary/aromatic N) is 1. The van der Waals surface area contributed by atoms with E-state index >= 15 is 0 Å². The summed E-state index contributed by atoms with van der Waals surface area (Å²) in [6.45, 7) is 10.0. The lowest BCUT2D eigenvalue weighted by Crippen LogP contribution is -2.40. The number of ether oxygens (including phenoxy) is 3. The Morgan fingerprint density at radius 1 is 0.511 bits per heavy atom. The Morgan fingerprint density at radius 2 is 0.894 bits per heavy atom. The van der Waals surface area contributed by atoms with E-state index in [0.717, 1.165) is 51.2 Å². The van der Waals surface area contributed by atoms with Crippen LogP contribution in [0.2, 0.25) is 0 Å². The molecule has 0 aliphatic carbocycles. The lowest BCUT2D eigenvalue weighted by Gasteiger charge is -2.24. The van der Waals surface area contributed by atoms with Gasteiger partial charge in [0, 0.05) is 19.6 Å². The van der Waals surface area contributed by atoms with E-state index in [1.807, 2.05) is 0 Å². The zero-order valence-corrected chi connectivity index (χ0v) is 31.5. The van der Waals surface area contributed by atoms with E-state index < -0.39 is 0 Å². The summed E-state index contributed by atoms with van der Waals surface area (Å²) in [6, 6.07) is 0. The van der Waals surface area contributed by atoms with E-state index in [2.05, 4.69) is 69.4 Å². The molecule has 1 aliphatic rings. The smallest absolute Gasteiger partial charge is 0.183 e. The summed E-state index contributed by atoms with van der Waals surface area (Å²) >= 11 is 0. The zero-order valence-electron chi connectivity index (χ0n) is 31.5. The highest BCUT2D eigenvalue weighted by molar-refractivity contribution is 5.78. The van der Waals surface area contributed by atoms with Crippen LogP contribution >= 0.6 is 0 Å². The molecule has 0 aromatic carbocycles. The van der Waals surface area contributed by atoms with Gasteiger partial charge in [0.15, 0.2) is 5.90 Å². The van der Waals surface area contributed by atoms with Crippen LogP contribution in [0.25, 0.3) is 0 Å². The molecule has 4 heteroatoms. The van der Waals surface area contributed by atoms with Gasteiger partial charge in [0.05, 0.1) is 13.2 Å². The first kappa shape index (κ1) is 43.4. The standard InChI is InChI=1S/C43H77NO3/c1-4-7-9-11-13-15-17-19-21-23-25-27-29-31-33-35-37-45-39-43(41-47-42(6-3)44-43)40-46-38-36-34-32-30-28-26-24-22-20-18-16-14-12-10-8-5-2/h13-16,19-22H,4-12,17-18,23-41H2,1-3H3. The predicted molar refractivity (Wildman–Crippen MR) is 207 cm³/mol. The van der Waals surface area contributed by atoms with Gasteiger partial charge in [-0.3, -0.25) is 0 Å². The van der Waals surface area contributed by atoms with Gasteiger partial charge in [-0.15, -0.1) is 0 Å². The fraction of sp³-hybridized carbons (Fsp3) is 0.791. The number of rotatable bonds is 35. The van der Waals surface area contributed by atoms with E-state index in [1.165, 1.54) is 128 Å². The monoisotopic (exact) mass is 656 g/mol. The highest BCUT2D eigenvalue weighted by Gasteiger charge is 2.37. The Balaban J connectivity index is 2.00. The van der Waals surface area contributed by atoms with Crippen LogP contribution in [0, 0.1) is 0 Å². The molecular formula is C43H77NO3. The Kier molecular flexibility index (Phi) is 31.6. The molecule has 0 N–H and O–H groups in total. The first-order valence-corrected chi connectivity index (χ1v) is 20.2. The van der Waals surface area contributed by atoms with Crippen LogP contribution in [-0.2, 0) is 14.2 Å². The minimum Gasteiger partial charge on any atom is -0.478 e. The maximum atomic E-state index is 6.13. The summed E-state index contributed by atoms with van der Waals surface area (Å²) in [4.78, 5) is 4.89. The van der Waals surface area contributed by atoms with Gasteiger partial charge < -0.3 is 14.2 Å². The van der Waals surface area contributed by atoms with Gasteiger partial charge in [-0.25, -0.2) is 4.99 Å². The van der Waals surface area contributed by atoms with Gasteiger partial charge in [-0.2, -0.15) is 0 Å². The van der Waals surface area contributed by atoms with Gasteiger partial charge in [0.2, 0.25) is 0 Å². The van der Waals surface area contributed by atoms with Crippen LogP contribution in [0.3, 0.4) is 0 Å². The molecule has 1 heterocycles. The molecule has 0 atom stereocenters. The third-order valence-electron chi connectivity index (χ3n) is 8.89. The SMILES string of the molecule is CCCCCC=CCC=CCCCCCCCCOCC1(COCCCCCCCCC=CCC=CCCCCC)COC(CC)=N1. The highest BCUT2D eigenvalue weighted by Crippen LogP contribution is 2.22. The van der Waals surface area contributed by atoms with E-state index in [9.17, 15) is 0 Å². The van der Waals surface area contributed by atoms with Crippen LogP contribution in [0.5, 0.6) is 0 Å². The third-order valence-corrected chi connectivity index (χ3v) is 8.89. The van der Waals surface area contributed by atoms with Crippen LogP contribution in [0.1, 0.15) is 181 Å².